The molecule has 0 atom stereocenters. The van der Waals surface area contributed by atoms with Crippen molar-refractivity contribution in [2.75, 3.05) is 0 Å². The molecule has 0 aliphatic heterocycles. The van der Waals surface area contributed by atoms with Crippen LogP contribution >= 0.6 is 11.3 Å². The summed E-state index contributed by atoms with van der Waals surface area (Å²) in [5.41, 5.74) is 5.17. The Labute approximate surface area is 190 Å². The number of alkyl halides is 3. The summed E-state index contributed by atoms with van der Waals surface area (Å²) in [6.45, 7) is 1.45. The number of carbonyl (C=O) groups is 1. The third-order valence-electron chi connectivity index (χ3n) is 4.33. The number of rotatable bonds is 6. The number of hydrogen-bond donors (Lipinski definition) is 2. The number of benzene rings is 2. The predicted molar refractivity (Wildman–Crippen MR) is 115 cm³/mol. The van der Waals surface area contributed by atoms with Gasteiger partial charge in [0.05, 0.1) is 11.9 Å². The van der Waals surface area contributed by atoms with Crippen molar-refractivity contribution in [2.45, 2.75) is 19.3 Å². The summed E-state index contributed by atoms with van der Waals surface area (Å²) >= 11 is 1.65. The first kappa shape index (κ1) is 24.1. The number of carboxylic acids is 1. The van der Waals surface area contributed by atoms with Crippen molar-refractivity contribution in [3.8, 4) is 16.9 Å². The lowest BCUT2D eigenvalue weighted by molar-refractivity contribution is -0.192. The van der Waals surface area contributed by atoms with Gasteiger partial charge >= 0.3 is 12.1 Å². The molecule has 11 heteroatoms. The van der Waals surface area contributed by atoms with Gasteiger partial charge in [0.2, 0.25) is 0 Å². The normalized spacial score (nSPS) is 11.0. The summed E-state index contributed by atoms with van der Waals surface area (Å²) in [4.78, 5) is 8.90. The number of nitrogens with one attached hydrogen (secondary N) is 1. The van der Waals surface area contributed by atoms with E-state index in [2.05, 4.69) is 33.1 Å². The molecule has 4 aromatic rings. The molecule has 0 spiro atoms. The molecular weight excluding hydrogens is 460 g/mol. The molecule has 33 heavy (non-hydrogen) atoms. The van der Waals surface area contributed by atoms with E-state index in [9.17, 15) is 17.6 Å². The van der Waals surface area contributed by atoms with Crippen molar-refractivity contribution in [1.82, 2.24) is 20.3 Å². The highest BCUT2D eigenvalue weighted by Gasteiger charge is 2.38. The van der Waals surface area contributed by atoms with Gasteiger partial charge in [0, 0.05) is 24.0 Å². The fraction of sp³-hybridized carbons (Fsp3) is 0.136. The number of aromatic nitrogens is 3. The third-order valence-corrected chi connectivity index (χ3v) is 5.01. The first-order valence-corrected chi connectivity index (χ1v) is 10.5. The largest absolute Gasteiger partial charge is 0.490 e. The maximum absolute atomic E-state index is 12.9. The average Bonchev–Trinajstić information content (AvgIpc) is 3.48. The molecule has 2 aromatic heterocycles. The van der Waals surface area contributed by atoms with Gasteiger partial charge in [-0.15, -0.1) is 5.10 Å². The molecule has 172 valence electrons. The summed E-state index contributed by atoms with van der Waals surface area (Å²) < 4.78 is 46.4. The van der Waals surface area contributed by atoms with E-state index in [1.807, 2.05) is 29.8 Å². The number of nitrogens with zero attached hydrogens (tertiary/aromatic N) is 3. The fourth-order valence-electron chi connectivity index (χ4n) is 2.65. The Kier molecular flexibility index (Phi) is 7.91. The minimum atomic E-state index is -5.08. The average molecular weight is 478 g/mol. The standard InChI is InChI=1S/C20H17FN4S.C2HF3O2/c21-18-5-1-15(2-6-18)11-22-12-16-3-7-19(8-4-16)25-13-20(23-24-25)17-9-10-26-14-17;3-2(4,5)1(6)7/h1-10,13-14,22H,11-12H2;(H,6,7). The molecule has 0 aliphatic rings. The van der Waals surface area contributed by atoms with Gasteiger partial charge in [0.15, 0.2) is 0 Å². The molecule has 0 fully saturated rings. The summed E-state index contributed by atoms with van der Waals surface area (Å²) in [7, 11) is 0. The minimum absolute atomic E-state index is 0.209. The predicted octanol–water partition coefficient (Wildman–Crippen LogP) is 5.06. The van der Waals surface area contributed by atoms with E-state index < -0.39 is 12.1 Å². The van der Waals surface area contributed by atoms with Gasteiger partial charge in [-0.2, -0.15) is 24.5 Å². The molecule has 0 bridgehead atoms. The molecule has 6 nitrogen and oxygen atoms in total. The van der Waals surface area contributed by atoms with Crippen LogP contribution in [0.25, 0.3) is 16.9 Å². The number of carboxylic acid groups (broad SMARTS) is 1. The van der Waals surface area contributed by atoms with E-state index in [1.54, 1.807) is 28.2 Å². The van der Waals surface area contributed by atoms with Crippen LogP contribution in [-0.4, -0.2) is 32.2 Å². The van der Waals surface area contributed by atoms with Crippen molar-refractivity contribution in [3.63, 3.8) is 0 Å². The van der Waals surface area contributed by atoms with Crippen LogP contribution in [0.1, 0.15) is 11.1 Å². The Bertz CT molecular complexity index is 1160. The minimum Gasteiger partial charge on any atom is -0.475 e. The van der Waals surface area contributed by atoms with E-state index in [-0.39, 0.29) is 5.82 Å². The van der Waals surface area contributed by atoms with Gasteiger partial charge in [-0.1, -0.05) is 29.5 Å². The molecule has 2 N–H and O–H groups in total. The second kappa shape index (κ2) is 10.8. The quantitative estimate of drug-likeness (QED) is 0.379. The van der Waals surface area contributed by atoms with Crippen LogP contribution in [0, 0.1) is 5.82 Å². The van der Waals surface area contributed by atoms with E-state index in [4.69, 9.17) is 9.90 Å². The first-order chi connectivity index (χ1) is 15.7. The number of aliphatic carboxylic acids is 1. The molecule has 2 aromatic carbocycles. The number of halogens is 4. The van der Waals surface area contributed by atoms with Gasteiger partial charge in [-0.3, -0.25) is 0 Å². The third kappa shape index (κ3) is 7.22. The second-order valence-electron chi connectivity index (χ2n) is 6.76. The zero-order valence-electron chi connectivity index (χ0n) is 17.0. The summed E-state index contributed by atoms with van der Waals surface area (Å²) in [5.74, 6) is -2.97. The fourth-order valence-corrected chi connectivity index (χ4v) is 3.30. The Morgan fingerprint density at radius 2 is 1.58 bits per heavy atom. The molecule has 0 unspecified atom stereocenters. The highest BCUT2D eigenvalue weighted by molar-refractivity contribution is 7.08. The highest BCUT2D eigenvalue weighted by Crippen LogP contribution is 2.20. The van der Waals surface area contributed by atoms with Crippen molar-refractivity contribution < 1.29 is 27.5 Å². The monoisotopic (exact) mass is 478 g/mol. The second-order valence-corrected chi connectivity index (χ2v) is 7.54. The topological polar surface area (TPSA) is 80.0 Å². The number of hydrogen-bond acceptors (Lipinski definition) is 5. The molecule has 0 aliphatic carbocycles. The lowest BCUT2D eigenvalue weighted by Gasteiger charge is -2.06. The lowest BCUT2D eigenvalue weighted by Crippen LogP contribution is -2.21. The van der Waals surface area contributed by atoms with Gasteiger partial charge in [0.1, 0.15) is 11.5 Å². The van der Waals surface area contributed by atoms with E-state index in [1.165, 1.54) is 17.7 Å². The van der Waals surface area contributed by atoms with Crippen LogP contribution in [0.5, 0.6) is 0 Å². The van der Waals surface area contributed by atoms with Gasteiger partial charge in [-0.25, -0.2) is 13.9 Å². The highest BCUT2D eigenvalue weighted by atomic mass is 32.1. The Hall–Kier alpha value is -3.57. The van der Waals surface area contributed by atoms with Crippen LogP contribution in [0.3, 0.4) is 0 Å². The van der Waals surface area contributed by atoms with Crippen LogP contribution in [0.2, 0.25) is 0 Å². The van der Waals surface area contributed by atoms with Crippen LogP contribution < -0.4 is 5.32 Å². The van der Waals surface area contributed by atoms with Crippen molar-refractivity contribution in [1.29, 1.82) is 0 Å². The molecule has 0 radical (unpaired) electrons. The smallest absolute Gasteiger partial charge is 0.475 e. The van der Waals surface area contributed by atoms with E-state index >= 15 is 0 Å². The molecule has 0 saturated heterocycles. The van der Waals surface area contributed by atoms with Gasteiger partial charge in [-0.05, 0) is 46.8 Å². The number of thiophene rings is 1. The molecule has 2 heterocycles. The van der Waals surface area contributed by atoms with Gasteiger partial charge in [0.25, 0.3) is 0 Å². The maximum Gasteiger partial charge on any atom is 0.490 e. The molecule has 0 amide bonds. The zero-order chi connectivity index (χ0) is 23.8. The van der Waals surface area contributed by atoms with E-state index in [0.717, 1.165) is 29.1 Å². The molecule has 4 rings (SSSR count). The Balaban J connectivity index is 0.000000383. The lowest BCUT2D eigenvalue weighted by atomic mass is 10.2. The Morgan fingerprint density at radius 1 is 1.00 bits per heavy atom. The summed E-state index contributed by atoms with van der Waals surface area (Å²) in [6, 6.07) is 16.8. The van der Waals surface area contributed by atoms with Crippen LogP contribution in [0.4, 0.5) is 17.6 Å². The van der Waals surface area contributed by atoms with Gasteiger partial charge < -0.3 is 10.4 Å². The first-order valence-electron chi connectivity index (χ1n) is 9.52. The molecular formula is C22H18F4N4O2S. The van der Waals surface area contributed by atoms with E-state index in [0.29, 0.717) is 6.54 Å². The van der Waals surface area contributed by atoms with Crippen molar-refractivity contribution in [2.24, 2.45) is 0 Å². The summed E-state index contributed by atoms with van der Waals surface area (Å²) in [6.07, 6.45) is -3.15. The van der Waals surface area contributed by atoms with Crippen molar-refractivity contribution >= 4 is 17.3 Å². The molecule has 0 saturated carbocycles. The zero-order valence-corrected chi connectivity index (χ0v) is 17.8. The van der Waals surface area contributed by atoms with Crippen LogP contribution in [0.15, 0.2) is 71.6 Å². The SMILES string of the molecule is Fc1ccc(CNCc2ccc(-n3cc(-c4ccsc4)nn3)cc2)cc1.O=C(O)C(F)(F)F. The Morgan fingerprint density at radius 3 is 2.09 bits per heavy atom. The summed E-state index contributed by atoms with van der Waals surface area (Å²) in [5, 5.41) is 23.0. The van der Waals surface area contributed by atoms with Crippen LogP contribution in [-0.2, 0) is 17.9 Å². The van der Waals surface area contributed by atoms with Crippen molar-refractivity contribution in [3.05, 3.63) is 88.5 Å². The maximum atomic E-state index is 12.9.